The molecule has 5 heteroatoms. The molecule has 1 aliphatic rings. The van der Waals surface area contributed by atoms with E-state index in [4.69, 9.17) is 4.74 Å². The van der Waals surface area contributed by atoms with E-state index in [2.05, 4.69) is 0 Å². The molecule has 0 aliphatic carbocycles. The van der Waals surface area contributed by atoms with Gasteiger partial charge in [-0.3, -0.25) is 4.79 Å². The van der Waals surface area contributed by atoms with E-state index >= 15 is 0 Å². The summed E-state index contributed by atoms with van der Waals surface area (Å²) in [6.07, 6.45) is 3.89. The van der Waals surface area contributed by atoms with Crippen molar-refractivity contribution in [1.82, 2.24) is 0 Å². The minimum Gasteiger partial charge on any atom is -0.493 e. The van der Waals surface area contributed by atoms with E-state index in [-0.39, 0.29) is 23.2 Å². The molecule has 0 saturated heterocycles. The zero-order valence-electron chi connectivity index (χ0n) is 9.29. The van der Waals surface area contributed by atoms with Gasteiger partial charge in [0.05, 0.1) is 17.6 Å². The number of rotatable bonds is 2. The number of sulfone groups is 1. The monoisotopic (exact) mass is 252 g/mol. The van der Waals surface area contributed by atoms with Crippen LogP contribution in [-0.2, 0) is 19.4 Å². The average Bonchev–Trinajstić information content (AvgIpc) is 2.28. The van der Waals surface area contributed by atoms with Gasteiger partial charge in [0.15, 0.2) is 15.6 Å². The molecule has 0 bridgehead atoms. The third kappa shape index (κ3) is 2.74. The van der Waals surface area contributed by atoms with Gasteiger partial charge < -0.3 is 4.74 Å². The molecule has 2 rings (SSSR count). The van der Waals surface area contributed by atoms with E-state index < -0.39 is 9.84 Å². The lowest BCUT2D eigenvalue weighted by Crippen LogP contribution is -2.11. The number of hydrogen-bond acceptors (Lipinski definition) is 4. The highest BCUT2D eigenvalue weighted by atomic mass is 32.2. The van der Waals surface area contributed by atoms with Gasteiger partial charge in [-0.25, -0.2) is 8.42 Å². The van der Waals surface area contributed by atoms with Gasteiger partial charge >= 0.3 is 0 Å². The summed E-state index contributed by atoms with van der Waals surface area (Å²) >= 11 is 0. The molecule has 0 N–H and O–H groups in total. The van der Waals surface area contributed by atoms with Crippen LogP contribution in [0, 0.1) is 0 Å². The molecule has 4 nitrogen and oxygen atoms in total. The summed E-state index contributed by atoms with van der Waals surface area (Å²) in [5.74, 6) is 0.00781. The van der Waals surface area contributed by atoms with Crippen molar-refractivity contribution in [1.29, 1.82) is 0 Å². The second-order valence-electron chi connectivity index (χ2n) is 3.94. The first-order valence-corrected chi connectivity index (χ1v) is 7.01. The van der Waals surface area contributed by atoms with Gasteiger partial charge in [0.2, 0.25) is 0 Å². The molecular formula is C12H12O4S. The maximum atomic E-state index is 11.3. The van der Waals surface area contributed by atoms with Crippen LogP contribution in [0.15, 0.2) is 41.5 Å². The Kier molecular flexibility index (Phi) is 3.02. The van der Waals surface area contributed by atoms with Crippen LogP contribution in [0.1, 0.15) is 18.1 Å². The van der Waals surface area contributed by atoms with Gasteiger partial charge in [-0.05, 0) is 17.7 Å². The van der Waals surface area contributed by atoms with E-state index in [9.17, 15) is 13.2 Å². The average molecular weight is 252 g/mol. The fourth-order valence-electron chi connectivity index (χ4n) is 1.63. The Morgan fingerprint density at radius 1 is 1.24 bits per heavy atom. The molecule has 1 heterocycles. The summed E-state index contributed by atoms with van der Waals surface area (Å²) < 4.78 is 27.9. The molecule has 0 radical (unpaired) electrons. The molecular weight excluding hydrogens is 240 g/mol. The molecule has 0 fully saturated rings. The van der Waals surface area contributed by atoms with E-state index in [1.165, 1.54) is 24.5 Å². The SMILES string of the molecule is CS(=O)(=O)c1ccc(C2CC(=O)C=CO2)cc1. The number of ketones is 1. The molecule has 17 heavy (non-hydrogen) atoms. The molecule has 90 valence electrons. The van der Waals surface area contributed by atoms with Gasteiger partial charge in [0, 0.05) is 12.3 Å². The smallest absolute Gasteiger partial charge is 0.175 e. The number of ether oxygens (including phenoxy) is 1. The summed E-state index contributed by atoms with van der Waals surface area (Å²) in [5.41, 5.74) is 0.801. The Morgan fingerprint density at radius 3 is 2.41 bits per heavy atom. The Bertz CT molecular complexity index is 555. The van der Waals surface area contributed by atoms with Crippen LogP contribution < -0.4 is 0 Å². The van der Waals surface area contributed by atoms with Crippen LogP contribution in [0.5, 0.6) is 0 Å². The van der Waals surface area contributed by atoms with Gasteiger partial charge in [0.1, 0.15) is 6.10 Å². The molecule has 1 aromatic carbocycles. The predicted octanol–water partition coefficient (Wildman–Crippen LogP) is 1.63. The minimum atomic E-state index is -3.18. The van der Waals surface area contributed by atoms with E-state index in [0.29, 0.717) is 0 Å². The van der Waals surface area contributed by atoms with E-state index in [1.54, 1.807) is 12.1 Å². The zero-order chi connectivity index (χ0) is 12.5. The lowest BCUT2D eigenvalue weighted by molar-refractivity contribution is -0.118. The van der Waals surface area contributed by atoms with Crippen molar-refractivity contribution in [3.8, 4) is 0 Å². The van der Waals surface area contributed by atoms with Gasteiger partial charge in [0.25, 0.3) is 0 Å². The van der Waals surface area contributed by atoms with Crippen molar-refractivity contribution in [3.05, 3.63) is 42.2 Å². The fourth-order valence-corrected chi connectivity index (χ4v) is 2.27. The quantitative estimate of drug-likeness (QED) is 0.802. The van der Waals surface area contributed by atoms with Crippen molar-refractivity contribution < 1.29 is 17.9 Å². The molecule has 1 unspecified atom stereocenters. The minimum absolute atomic E-state index is 0.00781. The van der Waals surface area contributed by atoms with Crippen LogP contribution in [0.25, 0.3) is 0 Å². The molecule has 0 amide bonds. The standard InChI is InChI=1S/C12H12O4S/c1-17(14,15)11-4-2-9(3-5-11)12-8-10(13)6-7-16-12/h2-7,12H,8H2,1H3. The van der Waals surface area contributed by atoms with Crippen molar-refractivity contribution in [3.63, 3.8) is 0 Å². The van der Waals surface area contributed by atoms with Gasteiger partial charge in [-0.1, -0.05) is 12.1 Å². The second kappa shape index (κ2) is 4.33. The first-order chi connectivity index (χ1) is 7.97. The van der Waals surface area contributed by atoms with Crippen LogP contribution in [0.3, 0.4) is 0 Å². The summed E-state index contributed by atoms with van der Waals surface area (Å²) in [6, 6.07) is 6.40. The van der Waals surface area contributed by atoms with E-state index in [1.807, 2.05) is 0 Å². The normalized spacial score (nSPS) is 20.1. The highest BCUT2D eigenvalue weighted by Gasteiger charge is 2.19. The molecule has 0 spiro atoms. The zero-order valence-corrected chi connectivity index (χ0v) is 10.1. The molecule has 1 atom stereocenters. The van der Waals surface area contributed by atoms with Gasteiger partial charge in [-0.2, -0.15) is 0 Å². The summed E-state index contributed by atoms with van der Waals surface area (Å²) in [6.45, 7) is 0. The third-order valence-corrected chi connectivity index (χ3v) is 3.69. The molecule has 0 aromatic heterocycles. The third-order valence-electron chi connectivity index (χ3n) is 2.56. The van der Waals surface area contributed by atoms with Crippen molar-refractivity contribution in [2.75, 3.05) is 6.26 Å². The predicted molar refractivity (Wildman–Crippen MR) is 62.1 cm³/mol. The summed E-state index contributed by atoms with van der Waals surface area (Å²) in [5, 5.41) is 0. The first-order valence-electron chi connectivity index (χ1n) is 5.12. The molecule has 0 saturated carbocycles. The van der Waals surface area contributed by atoms with Crippen LogP contribution in [0.2, 0.25) is 0 Å². The topological polar surface area (TPSA) is 60.4 Å². The lowest BCUT2D eigenvalue weighted by Gasteiger charge is -2.18. The number of allylic oxidation sites excluding steroid dienone is 1. The fraction of sp³-hybridized carbons (Fsp3) is 0.250. The maximum Gasteiger partial charge on any atom is 0.175 e. The number of carbonyl (C=O) groups is 1. The number of carbonyl (C=O) groups excluding carboxylic acids is 1. The highest BCUT2D eigenvalue weighted by molar-refractivity contribution is 7.90. The lowest BCUT2D eigenvalue weighted by atomic mass is 10.0. The number of hydrogen-bond donors (Lipinski definition) is 0. The van der Waals surface area contributed by atoms with E-state index in [0.717, 1.165) is 11.8 Å². The summed E-state index contributed by atoms with van der Waals surface area (Å²) in [7, 11) is -3.18. The van der Waals surface area contributed by atoms with Crippen LogP contribution in [0.4, 0.5) is 0 Å². The van der Waals surface area contributed by atoms with Crippen molar-refractivity contribution in [2.45, 2.75) is 17.4 Å². The number of benzene rings is 1. The Balaban J connectivity index is 2.24. The van der Waals surface area contributed by atoms with Crippen LogP contribution in [-0.4, -0.2) is 20.5 Å². The van der Waals surface area contributed by atoms with Crippen molar-refractivity contribution >= 4 is 15.6 Å². The van der Waals surface area contributed by atoms with Gasteiger partial charge in [-0.15, -0.1) is 0 Å². The Morgan fingerprint density at radius 2 is 1.88 bits per heavy atom. The Hall–Kier alpha value is -1.62. The molecule has 1 aromatic rings. The Labute approximate surface area is 99.8 Å². The second-order valence-corrected chi connectivity index (χ2v) is 5.95. The van der Waals surface area contributed by atoms with Crippen LogP contribution >= 0.6 is 0 Å². The highest BCUT2D eigenvalue weighted by Crippen LogP contribution is 2.25. The largest absolute Gasteiger partial charge is 0.493 e. The first kappa shape index (κ1) is 11.9. The maximum absolute atomic E-state index is 11.3. The summed E-state index contributed by atoms with van der Waals surface area (Å²) in [4.78, 5) is 11.5. The van der Waals surface area contributed by atoms with Crippen molar-refractivity contribution in [2.24, 2.45) is 0 Å². The molecule has 1 aliphatic heterocycles.